The van der Waals surface area contributed by atoms with E-state index in [1.165, 1.54) is 10.0 Å². The summed E-state index contributed by atoms with van der Waals surface area (Å²) in [4.78, 5) is 10.7. The molecule has 2 heterocycles. The van der Waals surface area contributed by atoms with Gasteiger partial charge in [-0.25, -0.2) is 4.98 Å². The third-order valence-corrected chi connectivity index (χ3v) is 4.74. The molecular weight excluding hydrogens is 244 g/mol. The number of nitrogens with zero attached hydrogens (tertiary/aromatic N) is 3. The molecule has 0 radical (unpaired) electrons. The smallest absolute Gasteiger partial charge is 0.185 e. The Balaban J connectivity index is 2.01. The highest BCUT2D eigenvalue weighted by Gasteiger charge is 2.32. The molecule has 2 rings (SSSR count). The molecule has 0 amide bonds. The van der Waals surface area contributed by atoms with Gasteiger partial charge in [0.15, 0.2) is 5.13 Å². The van der Waals surface area contributed by atoms with Crippen LogP contribution in [0, 0.1) is 0 Å². The van der Waals surface area contributed by atoms with Gasteiger partial charge < -0.3 is 10.2 Å². The lowest BCUT2D eigenvalue weighted by atomic mass is 10.0. The fourth-order valence-corrected chi connectivity index (χ4v) is 3.08. The maximum atomic E-state index is 4.57. The van der Waals surface area contributed by atoms with Crippen molar-refractivity contribution in [1.29, 1.82) is 0 Å². The second kappa shape index (κ2) is 5.55. The second-order valence-electron chi connectivity index (χ2n) is 5.55. The Labute approximate surface area is 114 Å². The van der Waals surface area contributed by atoms with Gasteiger partial charge in [0, 0.05) is 42.8 Å². The molecule has 1 aromatic heterocycles. The van der Waals surface area contributed by atoms with Crippen molar-refractivity contribution >= 4 is 16.5 Å². The molecule has 0 bridgehead atoms. The first-order valence-electron chi connectivity index (χ1n) is 6.64. The summed E-state index contributed by atoms with van der Waals surface area (Å²) in [6.07, 6.45) is 2.01. The van der Waals surface area contributed by atoms with Crippen LogP contribution in [0.4, 0.5) is 5.13 Å². The van der Waals surface area contributed by atoms with Crippen LogP contribution >= 0.6 is 11.3 Å². The van der Waals surface area contributed by atoms with Crippen LogP contribution in [0.5, 0.6) is 0 Å². The molecule has 0 saturated carbocycles. The van der Waals surface area contributed by atoms with E-state index in [2.05, 4.69) is 47.9 Å². The highest BCUT2D eigenvalue weighted by molar-refractivity contribution is 7.15. The van der Waals surface area contributed by atoms with Gasteiger partial charge in [0.05, 0.1) is 0 Å². The molecule has 1 N–H and O–H groups in total. The molecule has 0 atom stereocenters. The van der Waals surface area contributed by atoms with E-state index < -0.39 is 0 Å². The lowest BCUT2D eigenvalue weighted by Crippen LogP contribution is -2.57. The van der Waals surface area contributed by atoms with E-state index in [9.17, 15) is 0 Å². The standard InChI is InChI=1S/C13H24N4S/c1-5-14-8-11-9-15-12(18-11)17-7-6-16(4)13(2,3)10-17/h9,14H,5-8,10H2,1-4H3. The van der Waals surface area contributed by atoms with Crippen molar-refractivity contribution in [1.82, 2.24) is 15.2 Å². The molecule has 0 spiro atoms. The Morgan fingerprint density at radius 2 is 2.22 bits per heavy atom. The third kappa shape index (κ3) is 3.02. The maximum Gasteiger partial charge on any atom is 0.185 e. The van der Waals surface area contributed by atoms with E-state index in [4.69, 9.17) is 0 Å². The lowest BCUT2D eigenvalue weighted by molar-refractivity contribution is 0.139. The summed E-state index contributed by atoms with van der Waals surface area (Å²) in [5.74, 6) is 0. The van der Waals surface area contributed by atoms with Gasteiger partial charge in [-0.2, -0.15) is 0 Å². The zero-order chi connectivity index (χ0) is 13.2. The molecular formula is C13H24N4S. The molecule has 0 aliphatic carbocycles. The zero-order valence-corrected chi connectivity index (χ0v) is 12.7. The molecule has 1 aliphatic rings. The maximum absolute atomic E-state index is 4.57. The highest BCUT2D eigenvalue weighted by atomic mass is 32.1. The third-order valence-electron chi connectivity index (χ3n) is 3.68. The molecule has 1 saturated heterocycles. The normalized spacial score (nSPS) is 20.3. The first-order valence-corrected chi connectivity index (χ1v) is 7.46. The fourth-order valence-electron chi connectivity index (χ4n) is 2.18. The van der Waals surface area contributed by atoms with Crippen LogP contribution in [0.15, 0.2) is 6.20 Å². The Morgan fingerprint density at radius 3 is 2.89 bits per heavy atom. The Hall–Kier alpha value is -0.650. The lowest BCUT2D eigenvalue weighted by Gasteiger charge is -2.45. The van der Waals surface area contributed by atoms with E-state index in [0.29, 0.717) is 0 Å². The number of anilines is 1. The number of hydrogen-bond acceptors (Lipinski definition) is 5. The molecule has 4 nitrogen and oxygen atoms in total. The molecule has 0 aromatic carbocycles. The van der Waals surface area contributed by atoms with E-state index in [-0.39, 0.29) is 5.54 Å². The largest absolute Gasteiger partial charge is 0.345 e. The predicted octanol–water partition coefficient (Wildman–Crippen LogP) is 1.78. The molecule has 102 valence electrons. The first kappa shape index (κ1) is 13.8. The first-order chi connectivity index (χ1) is 8.53. The molecule has 18 heavy (non-hydrogen) atoms. The van der Waals surface area contributed by atoms with Gasteiger partial charge in [-0.15, -0.1) is 11.3 Å². The van der Waals surface area contributed by atoms with Gasteiger partial charge in [0.25, 0.3) is 0 Å². The minimum atomic E-state index is 0.228. The molecule has 1 fully saturated rings. The van der Waals surface area contributed by atoms with Gasteiger partial charge in [-0.05, 0) is 27.4 Å². The summed E-state index contributed by atoms with van der Waals surface area (Å²) >= 11 is 1.82. The van der Waals surface area contributed by atoms with Crippen LogP contribution < -0.4 is 10.2 Å². The summed E-state index contributed by atoms with van der Waals surface area (Å²) in [7, 11) is 2.20. The van der Waals surface area contributed by atoms with Crippen molar-refractivity contribution in [2.24, 2.45) is 0 Å². The minimum Gasteiger partial charge on any atom is -0.345 e. The van der Waals surface area contributed by atoms with Crippen LogP contribution in [0.1, 0.15) is 25.6 Å². The minimum absolute atomic E-state index is 0.228. The fraction of sp³-hybridized carbons (Fsp3) is 0.769. The van der Waals surface area contributed by atoms with Crippen LogP contribution in [0.25, 0.3) is 0 Å². The van der Waals surface area contributed by atoms with Gasteiger partial charge in [-0.1, -0.05) is 6.92 Å². The van der Waals surface area contributed by atoms with Crippen LogP contribution in [0.2, 0.25) is 0 Å². The zero-order valence-electron chi connectivity index (χ0n) is 11.9. The number of likely N-dealkylation sites (N-methyl/N-ethyl adjacent to an activating group) is 1. The van der Waals surface area contributed by atoms with E-state index in [1.54, 1.807) is 0 Å². The van der Waals surface area contributed by atoms with Crippen molar-refractivity contribution in [3.05, 3.63) is 11.1 Å². The monoisotopic (exact) mass is 268 g/mol. The van der Waals surface area contributed by atoms with Gasteiger partial charge in [0.1, 0.15) is 0 Å². The van der Waals surface area contributed by atoms with Crippen molar-refractivity contribution in [2.45, 2.75) is 32.9 Å². The SMILES string of the molecule is CCNCc1cnc(N2CCN(C)C(C)(C)C2)s1. The molecule has 0 unspecified atom stereocenters. The second-order valence-corrected chi connectivity index (χ2v) is 6.64. The van der Waals surface area contributed by atoms with Crippen LogP contribution in [0.3, 0.4) is 0 Å². The van der Waals surface area contributed by atoms with E-state index in [1.807, 2.05) is 17.5 Å². The number of hydrogen-bond donors (Lipinski definition) is 1. The molecule has 1 aromatic rings. The Morgan fingerprint density at radius 1 is 1.44 bits per heavy atom. The van der Waals surface area contributed by atoms with Crippen molar-refractivity contribution in [2.75, 3.05) is 38.1 Å². The number of thiazole rings is 1. The number of rotatable bonds is 4. The number of aromatic nitrogens is 1. The van der Waals surface area contributed by atoms with Gasteiger partial charge >= 0.3 is 0 Å². The van der Waals surface area contributed by atoms with Gasteiger partial charge in [-0.3, -0.25) is 4.90 Å². The number of nitrogens with one attached hydrogen (secondary N) is 1. The molecule has 5 heteroatoms. The molecule has 1 aliphatic heterocycles. The Kier molecular flexibility index (Phi) is 4.25. The summed E-state index contributed by atoms with van der Waals surface area (Å²) in [5.41, 5.74) is 0.228. The highest BCUT2D eigenvalue weighted by Crippen LogP contribution is 2.27. The summed E-state index contributed by atoms with van der Waals surface area (Å²) in [5, 5.41) is 4.52. The van der Waals surface area contributed by atoms with Crippen molar-refractivity contribution in [3.8, 4) is 0 Å². The van der Waals surface area contributed by atoms with Crippen molar-refractivity contribution < 1.29 is 0 Å². The van der Waals surface area contributed by atoms with Gasteiger partial charge in [0.2, 0.25) is 0 Å². The average Bonchev–Trinajstić information content (AvgIpc) is 2.78. The van der Waals surface area contributed by atoms with Crippen molar-refractivity contribution in [3.63, 3.8) is 0 Å². The Bertz CT molecular complexity index is 388. The summed E-state index contributed by atoms with van der Waals surface area (Å²) < 4.78 is 0. The quantitative estimate of drug-likeness (QED) is 0.902. The van der Waals surface area contributed by atoms with Crippen LogP contribution in [-0.2, 0) is 6.54 Å². The summed E-state index contributed by atoms with van der Waals surface area (Å²) in [6.45, 7) is 11.9. The predicted molar refractivity (Wildman–Crippen MR) is 78.4 cm³/mol. The summed E-state index contributed by atoms with van der Waals surface area (Å²) in [6, 6.07) is 0. The number of piperazine rings is 1. The van der Waals surface area contributed by atoms with Crippen LogP contribution in [-0.4, -0.2) is 48.6 Å². The van der Waals surface area contributed by atoms with E-state index in [0.717, 1.165) is 32.7 Å². The average molecular weight is 268 g/mol. The van der Waals surface area contributed by atoms with E-state index >= 15 is 0 Å². The topological polar surface area (TPSA) is 31.4 Å².